The van der Waals surface area contributed by atoms with Crippen molar-refractivity contribution >= 4 is 17.1 Å². The highest BCUT2D eigenvalue weighted by Gasteiger charge is 2.07. The zero-order chi connectivity index (χ0) is 9.90. The van der Waals surface area contributed by atoms with Gasteiger partial charge in [-0.3, -0.25) is 4.79 Å². The second-order valence-electron chi connectivity index (χ2n) is 4.04. The SMILES string of the molecule is CC(C)(C)/C=C/C(=O)c1cccs1. The van der Waals surface area contributed by atoms with Crippen LogP contribution in [0, 0.1) is 5.41 Å². The molecule has 0 saturated heterocycles. The molecule has 1 aromatic heterocycles. The van der Waals surface area contributed by atoms with Crippen LogP contribution in [0.2, 0.25) is 0 Å². The lowest BCUT2D eigenvalue weighted by atomic mass is 9.96. The highest BCUT2D eigenvalue weighted by atomic mass is 32.1. The third-order valence-corrected chi connectivity index (χ3v) is 2.38. The molecular formula is C11H14OS. The summed E-state index contributed by atoms with van der Waals surface area (Å²) in [5.41, 5.74) is 0.0763. The Morgan fingerprint density at radius 1 is 1.46 bits per heavy atom. The van der Waals surface area contributed by atoms with Crippen LogP contribution in [0.1, 0.15) is 30.4 Å². The molecule has 0 unspecified atom stereocenters. The molecule has 0 amide bonds. The Kier molecular flexibility index (Phi) is 3.04. The molecule has 1 aromatic rings. The third kappa shape index (κ3) is 3.55. The maximum Gasteiger partial charge on any atom is 0.195 e. The van der Waals surface area contributed by atoms with Gasteiger partial charge in [0.2, 0.25) is 0 Å². The van der Waals surface area contributed by atoms with E-state index in [4.69, 9.17) is 0 Å². The van der Waals surface area contributed by atoms with Gasteiger partial charge in [0, 0.05) is 0 Å². The van der Waals surface area contributed by atoms with Crippen LogP contribution < -0.4 is 0 Å². The fourth-order valence-electron chi connectivity index (χ4n) is 0.827. The molecule has 1 heterocycles. The molecule has 0 aliphatic rings. The molecule has 0 atom stereocenters. The molecule has 13 heavy (non-hydrogen) atoms. The average molecular weight is 194 g/mol. The summed E-state index contributed by atoms with van der Waals surface area (Å²) < 4.78 is 0. The van der Waals surface area contributed by atoms with E-state index in [2.05, 4.69) is 20.8 Å². The second kappa shape index (κ2) is 3.88. The largest absolute Gasteiger partial charge is 0.288 e. The molecule has 0 spiro atoms. The summed E-state index contributed by atoms with van der Waals surface area (Å²) in [4.78, 5) is 12.3. The van der Waals surface area contributed by atoms with E-state index in [0.29, 0.717) is 0 Å². The molecule has 0 radical (unpaired) electrons. The molecule has 0 saturated carbocycles. The van der Waals surface area contributed by atoms with Crippen molar-refractivity contribution in [1.29, 1.82) is 0 Å². The number of rotatable bonds is 2. The van der Waals surface area contributed by atoms with Crippen LogP contribution in [-0.2, 0) is 0 Å². The van der Waals surface area contributed by atoms with Gasteiger partial charge in [0.05, 0.1) is 4.88 Å². The monoisotopic (exact) mass is 194 g/mol. The standard InChI is InChI=1S/C11H14OS/c1-11(2,3)7-6-9(12)10-5-4-8-13-10/h4-8H,1-3H3/b7-6+. The maximum atomic E-state index is 11.5. The third-order valence-electron chi connectivity index (χ3n) is 1.50. The lowest BCUT2D eigenvalue weighted by Crippen LogP contribution is -2.00. The fourth-order valence-corrected chi connectivity index (χ4v) is 1.47. The van der Waals surface area contributed by atoms with E-state index in [1.165, 1.54) is 11.3 Å². The summed E-state index contributed by atoms with van der Waals surface area (Å²) >= 11 is 1.48. The minimum Gasteiger partial charge on any atom is -0.288 e. The van der Waals surface area contributed by atoms with E-state index in [1.807, 2.05) is 23.6 Å². The number of ketones is 1. The minimum absolute atomic E-state index is 0.0763. The zero-order valence-electron chi connectivity index (χ0n) is 8.20. The molecule has 0 bridgehead atoms. The van der Waals surface area contributed by atoms with Gasteiger partial charge < -0.3 is 0 Å². The van der Waals surface area contributed by atoms with Crippen LogP contribution in [0.4, 0.5) is 0 Å². The molecule has 0 aliphatic heterocycles. The van der Waals surface area contributed by atoms with Crippen molar-refractivity contribution in [1.82, 2.24) is 0 Å². The van der Waals surface area contributed by atoms with Gasteiger partial charge in [-0.05, 0) is 22.9 Å². The fraction of sp³-hybridized carbons (Fsp3) is 0.364. The van der Waals surface area contributed by atoms with Gasteiger partial charge in [-0.15, -0.1) is 11.3 Å². The molecule has 0 aliphatic carbocycles. The molecule has 1 nitrogen and oxygen atoms in total. The Balaban J connectivity index is 2.67. The van der Waals surface area contributed by atoms with E-state index >= 15 is 0 Å². The van der Waals surface area contributed by atoms with Crippen LogP contribution in [0.5, 0.6) is 0 Å². The Hall–Kier alpha value is -0.890. The zero-order valence-corrected chi connectivity index (χ0v) is 9.02. The normalized spacial score (nSPS) is 12.2. The summed E-state index contributed by atoms with van der Waals surface area (Å²) in [6, 6.07) is 3.74. The number of carbonyl (C=O) groups excluding carboxylic acids is 1. The number of hydrogen-bond donors (Lipinski definition) is 0. The van der Waals surface area contributed by atoms with Crippen molar-refractivity contribution in [3.05, 3.63) is 34.5 Å². The highest BCUT2D eigenvalue weighted by Crippen LogP contribution is 2.16. The predicted octanol–water partition coefficient (Wildman–Crippen LogP) is 3.53. The Morgan fingerprint density at radius 2 is 2.15 bits per heavy atom. The van der Waals surface area contributed by atoms with Gasteiger partial charge in [-0.1, -0.05) is 32.9 Å². The molecule has 70 valence electrons. The first-order valence-electron chi connectivity index (χ1n) is 4.26. The van der Waals surface area contributed by atoms with E-state index in [0.717, 1.165) is 4.88 Å². The number of hydrogen-bond acceptors (Lipinski definition) is 2. The highest BCUT2D eigenvalue weighted by molar-refractivity contribution is 7.12. The van der Waals surface area contributed by atoms with E-state index in [9.17, 15) is 4.79 Å². The molecule has 0 aromatic carbocycles. The summed E-state index contributed by atoms with van der Waals surface area (Å²) in [7, 11) is 0. The van der Waals surface area contributed by atoms with Gasteiger partial charge >= 0.3 is 0 Å². The lowest BCUT2D eigenvalue weighted by Gasteiger charge is -2.10. The Bertz CT molecular complexity index is 301. The van der Waals surface area contributed by atoms with Gasteiger partial charge in [0.1, 0.15) is 0 Å². The summed E-state index contributed by atoms with van der Waals surface area (Å²) in [6.45, 7) is 6.22. The minimum atomic E-state index is 0.0763. The summed E-state index contributed by atoms with van der Waals surface area (Å²) in [6.07, 6.45) is 3.60. The molecule has 0 N–H and O–H groups in total. The number of allylic oxidation sites excluding steroid dienone is 2. The smallest absolute Gasteiger partial charge is 0.195 e. The summed E-state index contributed by atoms with van der Waals surface area (Å²) in [5.74, 6) is 0.102. The van der Waals surface area contributed by atoms with Gasteiger partial charge in [0.25, 0.3) is 0 Å². The van der Waals surface area contributed by atoms with Crippen molar-refractivity contribution in [3.8, 4) is 0 Å². The maximum absolute atomic E-state index is 11.5. The van der Waals surface area contributed by atoms with Crippen LogP contribution in [0.15, 0.2) is 29.7 Å². The van der Waals surface area contributed by atoms with E-state index in [-0.39, 0.29) is 11.2 Å². The van der Waals surface area contributed by atoms with Crippen LogP contribution in [0.25, 0.3) is 0 Å². The lowest BCUT2D eigenvalue weighted by molar-refractivity contribution is 0.104. The number of carbonyl (C=O) groups is 1. The first-order valence-corrected chi connectivity index (χ1v) is 5.14. The van der Waals surface area contributed by atoms with Crippen LogP contribution in [0.3, 0.4) is 0 Å². The summed E-state index contributed by atoms with van der Waals surface area (Å²) in [5, 5.41) is 1.91. The van der Waals surface area contributed by atoms with Crippen LogP contribution >= 0.6 is 11.3 Å². The Labute approximate surface area is 83.1 Å². The second-order valence-corrected chi connectivity index (χ2v) is 4.99. The topological polar surface area (TPSA) is 17.1 Å². The first-order chi connectivity index (χ1) is 5.99. The molecule has 0 fully saturated rings. The van der Waals surface area contributed by atoms with E-state index in [1.54, 1.807) is 6.08 Å². The average Bonchev–Trinajstić information content (AvgIpc) is 2.50. The van der Waals surface area contributed by atoms with Crippen molar-refractivity contribution in [2.45, 2.75) is 20.8 Å². The van der Waals surface area contributed by atoms with Crippen molar-refractivity contribution in [2.24, 2.45) is 5.41 Å². The molecule has 1 rings (SSSR count). The molecular weight excluding hydrogens is 180 g/mol. The predicted molar refractivity (Wildman–Crippen MR) is 57.2 cm³/mol. The Morgan fingerprint density at radius 3 is 2.62 bits per heavy atom. The van der Waals surface area contributed by atoms with Gasteiger partial charge in [-0.25, -0.2) is 0 Å². The quantitative estimate of drug-likeness (QED) is 0.520. The van der Waals surface area contributed by atoms with Gasteiger partial charge in [0.15, 0.2) is 5.78 Å². The van der Waals surface area contributed by atoms with Crippen molar-refractivity contribution in [2.75, 3.05) is 0 Å². The van der Waals surface area contributed by atoms with Crippen molar-refractivity contribution in [3.63, 3.8) is 0 Å². The number of thiophene rings is 1. The van der Waals surface area contributed by atoms with Crippen LogP contribution in [-0.4, -0.2) is 5.78 Å². The van der Waals surface area contributed by atoms with E-state index < -0.39 is 0 Å². The first kappa shape index (κ1) is 10.2. The van der Waals surface area contributed by atoms with Crippen molar-refractivity contribution < 1.29 is 4.79 Å². The van der Waals surface area contributed by atoms with Gasteiger partial charge in [-0.2, -0.15) is 0 Å². The molecule has 2 heteroatoms.